The molecular weight excluding hydrogens is 415 g/mol. The van der Waals surface area contributed by atoms with Crippen molar-refractivity contribution in [1.29, 1.82) is 0 Å². The van der Waals surface area contributed by atoms with Crippen LogP contribution >= 0.6 is 0 Å². The molecule has 33 heavy (non-hydrogen) atoms. The van der Waals surface area contributed by atoms with Crippen LogP contribution in [0.4, 0.5) is 4.39 Å². The second kappa shape index (κ2) is 7.85. The molecule has 5 heteroatoms. The number of benzene rings is 3. The highest BCUT2D eigenvalue weighted by molar-refractivity contribution is 6.02. The number of amides is 1. The molecule has 1 amide bonds. The van der Waals surface area contributed by atoms with Gasteiger partial charge in [-0.15, -0.1) is 0 Å². The van der Waals surface area contributed by atoms with Gasteiger partial charge in [-0.25, -0.2) is 4.39 Å². The third kappa shape index (κ3) is 3.18. The Kier molecular flexibility index (Phi) is 4.80. The number of aromatic nitrogens is 1. The van der Waals surface area contributed by atoms with Crippen molar-refractivity contribution in [2.75, 3.05) is 13.2 Å². The van der Waals surface area contributed by atoms with Crippen LogP contribution in [0.15, 0.2) is 72.8 Å². The number of hydrogen-bond donors (Lipinski definition) is 0. The summed E-state index contributed by atoms with van der Waals surface area (Å²) >= 11 is 0. The van der Waals surface area contributed by atoms with Gasteiger partial charge in [0.2, 0.25) is 0 Å². The summed E-state index contributed by atoms with van der Waals surface area (Å²) in [6, 6.07) is 22.6. The monoisotopic (exact) mass is 440 g/mol. The molecule has 0 radical (unpaired) electrons. The second-order valence-corrected chi connectivity index (χ2v) is 8.93. The number of ether oxygens (including phenoxy) is 1. The zero-order valence-electron chi connectivity index (χ0n) is 18.5. The Morgan fingerprint density at radius 2 is 1.76 bits per heavy atom. The van der Waals surface area contributed by atoms with E-state index < -0.39 is 0 Å². The first kappa shape index (κ1) is 20.2. The first-order chi connectivity index (χ1) is 16.1. The molecule has 1 fully saturated rings. The summed E-state index contributed by atoms with van der Waals surface area (Å²) in [6.45, 7) is 1.31. The van der Waals surface area contributed by atoms with E-state index in [1.807, 2.05) is 54.4 Å². The number of para-hydroxylation sites is 1. The van der Waals surface area contributed by atoms with Gasteiger partial charge in [-0.1, -0.05) is 36.4 Å². The van der Waals surface area contributed by atoms with Crippen molar-refractivity contribution < 1.29 is 13.9 Å². The predicted octanol–water partition coefficient (Wildman–Crippen LogP) is 5.71. The first-order valence-electron chi connectivity index (χ1n) is 11.5. The van der Waals surface area contributed by atoms with Gasteiger partial charge >= 0.3 is 0 Å². The second-order valence-electron chi connectivity index (χ2n) is 8.93. The molecule has 1 saturated heterocycles. The van der Waals surface area contributed by atoms with Gasteiger partial charge in [0.25, 0.3) is 5.91 Å². The molecule has 0 aliphatic carbocycles. The van der Waals surface area contributed by atoms with Crippen LogP contribution in [0.3, 0.4) is 0 Å². The average Bonchev–Trinajstić information content (AvgIpc) is 3.52. The Labute approximate surface area is 192 Å². The van der Waals surface area contributed by atoms with E-state index >= 15 is 0 Å². The van der Waals surface area contributed by atoms with Gasteiger partial charge in [0.15, 0.2) is 0 Å². The van der Waals surface area contributed by atoms with Gasteiger partial charge in [0.05, 0.1) is 17.8 Å². The molecular formula is C28H25FN2O2. The van der Waals surface area contributed by atoms with Gasteiger partial charge in [-0.2, -0.15) is 0 Å². The number of halogens is 1. The molecule has 0 bridgehead atoms. The minimum atomic E-state index is -0.263. The molecule has 0 N–H and O–H groups in total. The maximum atomic E-state index is 13.8. The summed E-state index contributed by atoms with van der Waals surface area (Å²) in [5.74, 6) is -0.218. The summed E-state index contributed by atoms with van der Waals surface area (Å²) in [4.78, 5) is 15.6. The maximum Gasteiger partial charge on any atom is 0.255 e. The Balaban J connectivity index is 1.61. The number of carbonyl (C=O) groups is 1. The third-order valence-corrected chi connectivity index (χ3v) is 7.02. The molecule has 3 heterocycles. The van der Waals surface area contributed by atoms with Crippen molar-refractivity contribution in [3.63, 3.8) is 0 Å². The van der Waals surface area contributed by atoms with Crippen LogP contribution in [0.5, 0.6) is 0 Å². The normalized spacial score (nSPS) is 20.1. The van der Waals surface area contributed by atoms with Crippen LogP contribution in [0.1, 0.15) is 40.4 Å². The number of carbonyl (C=O) groups excluding carboxylic acids is 1. The van der Waals surface area contributed by atoms with Gasteiger partial charge in [0.1, 0.15) is 5.82 Å². The summed E-state index contributed by atoms with van der Waals surface area (Å²) in [6.07, 6.45) is 2.04. The van der Waals surface area contributed by atoms with Crippen molar-refractivity contribution in [2.45, 2.75) is 25.0 Å². The molecule has 4 nitrogen and oxygen atoms in total. The topological polar surface area (TPSA) is 34.5 Å². The van der Waals surface area contributed by atoms with E-state index in [1.165, 1.54) is 12.1 Å². The Bertz CT molecular complexity index is 1350. The van der Waals surface area contributed by atoms with Gasteiger partial charge in [0, 0.05) is 42.2 Å². The zero-order valence-corrected chi connectivity index (χ0v) is 18.5. The van der Waals surface area contributed by atoms with Gasteiger partial charge < -0.3 is 14.2 Å². The van der Waals surface area contributed by atoms with Crippen molar-refractivity contribution in [2.24, 2.45) is 7.05 Å². The number of hydrogen-bond acceptors (Lipinski definition) is 2. The van der Waals surface area contributed by atoms with Gasteiger partial charge in [-0.05, 0) is 60.4 Å². The van der Waals surface area contributed by atoms with Crippen molar-refractivity contribution >= 4 is 16.8 Å². The highest BCUT2D eigenvalue weighted by atomic mass is 19.1. The van der Waals surface area contributed by atoms with Crippen LogP contribution in [0.25, 0.3) is 22.2 Å². The van der Waals surface area contributed by atoms with E-state index in [9.17, 15) is 9.18 Å². The van der Waals surface area contributed by atoms with Crippen molar-refractivity contribution in [3.05, 3.63) is 95.3 Å². The van der Waals surface area contributed by atoms with E-state index in [0.29, 0.717) is 6.54 Å². The summed E-state index contributed by atoms with van der Waals surface area (Å²) in [5.41, 5.74) is 5.86. The minimum Gasteiger partial charge on any atom is -0.376 e. The quantitative estimate of drug-likeness (QED) is 0.407. The lowest BCUT2D eigenvalue weighted by Crippen LogP contribution is -2.36. The van der Waals surface area contributed by atoms with E-state index in [2.05, 4.69) is 22.8 Å². The fourth-order valence-corrected chi connectivity index (χ4v) is 5.53. The fourth-order valence-electron chi connectivity index (χ4n) is 5.53. The third-order valence-electron chi connectivity index (χ3n) is 7.02. The van der Waals surface area contributed by atoms with Crippen molar-refractivity contribution in [3.8, 4) is 11.3 Å². The van der Waals surface area contributed by atoms with E-state index in [-0.39, 0.29) is 23.9 Å². The molecule has 0 unspecified atom stereocenters. The molecule has 2 aliphatic rings. The Hall–Kier alpha value is -3.44. The van der Waals surface area contributed by atoms with Crippen LogP contribution in [-0.2, 0) is 11.8 Å². The summed E-state index contributed by atoms with van der Waals surface area (Å²) < 4.78 is 21.9. The lowest BCUT2D eigenvalue weighted by Gasteiger charge is -2.29. The van der Waals surface area contributed by atoms with E-state index in [4.69, 9.17) is 4.74 Å². The lowest BCUT2D eigenvalue weighted by molar-refractivity contribution is 0.0501. The number of fused-ring (bicyclic) bond motifs is 2. The van der Waals surface area contributed by atoms with Crippen LogP contribution < -0.4 is 0 Å². The molecule has 0 spiro atoms. The predicted molar refractivity (Wildman–Crippen MR) is 127 cm³/mol. The Morgan fingerprint density at radius 1 is 1.00 bits per heavy atom. The largest absolute Gasteiger partial charge is 0.376 e. The number of aryl methyl sites for hydroxylation is 1. The molecule has 6 rings (SSSR count). The smallest absolute Gasteiger partial charge is 0.255 e. The average molecular weight is 441 g/mol. The maximum absolute atomic E-state index is 13.8. The SMILES string of the molecule is Cn1c(-c2ccc(F)cc2)c([C@@H]2c3ccccc3C(=O)N2C[C@H]2CCCO2)c2ccccc21. The van der Waals surface area contributed by atoms with E-state index in [1.54, 1.807) is 0 Å². The molecule has 0 saturated carbocycles. The molecule has 1 aromatic heterocycles. The van der Waals surface area contributed by atoms with Crippen LogP contribution in [-0.4, -0.2) is 34.6 Å². The molecule has 2 aliphatic heterocycles. The minimum absolute atomic E-state index is 0.0455. The standard InChI is InChI=1S/C28H25FN2O2/c1-30-24-11-5-4-10-23(24)25(26(30)18-12-14-19(29)15-13-18)27-21-8-2-3-9-22(21)28(32)31(27)17-20-7-6-16-33-20/h2-5,8-15,20,27H,6-7,16-17H2,1H3/t20-,27+/m1/s1. The molecule has 2 atom stereocenters. The molecule has 4 aromatic rings. The lowest BCUT2D eigenvalue weighted by atomic mass is 9.93. The number of rotatable bonds is 4. The number of nitrogens with zero attached hydrogens (tertiary/aromatic N) is 2. The zero-order chi connectivity index (χ0) is 22.5. The molecule has 166 valence electrons. The summed E-state index contributed by atoms with van der Waals surface area (Å²) in [5, 5.41) is 1.10. The highest BCUT2D eigenvalue weighted by Gasteiger charge is 2.41. The van der Waals surface area contributed by atoms with E-state index in [0.717, 1.165) is 58.3 Å². The van der Waals surface area contributed by atoms with Gasteiger partial charge in [-0.3, -0.25) is 4.79 Å². The first-order valence-corrected chi connectivity index (χ1v) is 11.5. The van der Waals surface area contributed by atoms with Crippen LogP contribution in [0, 0.1) is 5.82 Å². The molecule has 3 aromatic carbocycles. The summed E-state index contributed by atoms with van der Waals surface area (Å²) in [7, 11) is 2.04. The van der Waals surface area contributed by atoms with Crippen molar-refractivity contribution in [1.82, 2.24) is 9.47 Å². The fraction of sp³-hybridized carbons (Fsp3) is 0.250. The highest BCUT2D eigenvalue weighted by Crippen LogP contribution is 2.46. The Morgan fingerprint density at radius 3 is 2.55 bits per heavy atom. The van der Waals surface area contributed by atoms with Crippen LogP contribution in [0.2, 0.25) is 0 Å².